The minimum Gasteiger partial charge on any atom is -0.329 e. The summed E-state index contributed by atoms with van der Waals surface area (Å²) in [5.41, 5.74) is 6.35. The maximum atomic E-state index is 6.01. The van der Waals surface area contributed by atoms with Gasteiger partial charge >= 0.3 is 0 Å². The zero-order valence-electron chi connectivity index (χ0n) is 13.7. The van der Waals surface area contributed by atoms with Crippen LogP contribution in [0.3, 0.4) is 0 Å². The first-order valence-corrected chi connectivity index (χ1v) is 7.24. The lowest BCUT2D eigenvalue weighted by Crippen LogP contribution is -2.47. The van der Waals surface area contributed by atoms with Gasteiger partial charge in [0.25, 0.3) is 0 Å². The highest BCUT2D eigenvalue weighted by atomic mass is 15.2. The van der Waals surface area contributed by atoms with Gasteiger partial charge in [-0.05, 0) is 31.8 Å². The second-order valence-corrected chi connectivity index (χ2v) is 7.35. The van der Waals surface area contributed by atoms with Crippen molar-refractivity contribution in [3.8, 4) is 0 Å². The van der Waals surface area contributed by atoms with Crippen LogP contribution in [0.5, 0.6) is 0 Å². The van der Waals surface area contributed by atoms with Gasteiger partial charge in [-0.1, -0.05) is 34.6 Å². The van der Waals surface area contributed by atoms with Crippen LogP contribution in [0.1, 0.15) is 41.0 Å². The summed E-state index contributed by atoms with van der Waals surface area (Å²) in [6.07, 6.45) is 1.17. The molecule has 0 aliphatic rings. The van der Waals surface area contributed by atoms with Crippen molar-refractivity contribution >= 4 is 0 Å². The van der Waals surface area contributed by atoms with Crippen molar-refractivity contribution in [2.24, 2.45) is 17.1 Å². The molecular formula is C15H35N3. The second-order valence-electron chi connectivity index (χ2n) is 7.35. The van der Waals surface area contributed by atoms with Crippen molar-refractivity contribution in [1.29, 1.82) is 0 Å². The number of hydrogen-bond donors (Lipinski definition) is 1. The van der Waals surface area contributed by atoms with E-state index in [9.17, 15) is 0 Å². The van der Waals surface area contributed by atoms with E-state index in [1.165, 1.54) is 6.42 Å². The zero-order chi connectivity index (χ0) is 14.3. The number of nitrogens with zero attached hydrogens (tertiary/aromatic N) is 2. The SMILES string of the molecule is CC(C)CN(CCN(C)C)C(CN)CC(C)(C)C. The Morgan fingerprint density at radius 1 is 1.06 bits per heavy atom. The highest BCUT2D eigenvalue weighted by molar-refractivity contribution is 4.79. The Morgan fingerprint density at radius 3 is 1.94 bits per heavy atom. The molecule has 1 unspecified atom stereocenters. The molecule has 1 atom stereocenters. The van der Waals surface area contributed by atoms with E-state index < -0.39 is 0 Å². The summed E-state index contributed by atoms with van der Waals surface area (Å²) in [4.78, 5) is 4.83. The lowest BCUT2D eigenvalue weighted by molar-refractivity contribution is 0.128. The molecule has 0 amide bonds. The molecule has 0 bridgehead atoms. The molecule has 0 radical (unpaired) electrons. The molecule has 0 aliphatic carbocycles. The summed E-state index contributed by atoms with van der Waals surface area (Å²) in [5.74, 6) is 0.696. The topological polar surface area (TPSA) is 32.5 Å². The van der Waals surface area contributed by atoms with Gasteiger partial charge in [0.2, 0.25) is 0 Å². The van der Waals surface area contributed by atoms with Gasteiger partial charge in [-0.15, -0.1) is 0 Å². The molecule has 3 nitrogen and oxygen atoms in total. The summed E-state index contributed by atoms with van der Waals surface area (Å²) in [5, 5.41) is 0. The highest BCUT2D eigenvalue weighted by Gasteiger charge is 2.23. The molecule has 110 valence electrons. The van der Waals surface area contributed by atoms with E-state index in [-0.39, 0.29) is 0 Å². The highest BCUT2D eigenvalue weighted by Crippen LogP contribution is 2.23. The fraction of sp³-hybridized carbons (Fsp3) is 1.00. The van der Waals surface area contributed by atoms with Crippen LogP contribution in [-0.2, 0) is 0 Å². The first-order valence-electron chi connectivity index (χ1n) is 7.24. The lowest BCUT2D eigenvalue weighted by atomic mass is 9.87. The number of likely N-dealkylation sites (N-methyl/N-ethyl adjacent to an activating group) is 1. The molecule has 0 aromatic heterocycles. The summed E-state index contributed by atoms with van der Waals surface area (Å²) in [7, 11) is 4.27. The van der Waals surface area contributed by atoms with Crippen LogP contribution in [-0.4, -0.2) is 56.1 Å². The Hall–Kier alpha value is -0.120. The molecule has 18 heavy (non-hydrogen) atoms. The third kappa shape index (κ3) is 8.90. The van der Waals surface area contributed by atoms with Crippen LogP contribution in [0.15, 0.2) is 0 Å². The number of hydrogen-bond acceptors (Lipinski definition) is 3. The molecule has 0 saturated heterocycles. The number of nitrogens with two attached hydrogens (primary N) is 1. The van der Waals surface area contributed by atoms with Crippen LogP contribution in [0, 0.1) is 11.3 Å². The minimum absolute atomic E-state index is 0.345. The lowest BCUT2D eigenvalue weighted by Gasteiger charge is -2.36. The first kappa shape index (κ1) is 17.9. The predicted octanol–water partition coefficient (Wildman–Crippen LogP) is 2.27. The first-order chi connectivity index (χ1) is 8.15. The Bertz CT molecular complexity index is 206. The smallest absolute Gasteiger partial charge is 0.0224 e. The van der Waals surface area contributed by atoms with Crippen LogP contribution >= 0.6 is 0 Å². The third-order valence-corrected chi connectivity index (χ3v) is 3.07. The van der Waals surface area contributed by atoms with Crippen molar-refractivity contribution < 1.29 is 0 Å². The molecule has 0 saturated carbocycles. The average Bonchev–Trinajstić information content (AvgIpc) is 2.18. The monoisotopic (exact) mass is 257 g/mol. The van der Waals surface area contributed by atoms with Crippen LogP contribution in [0.2, 0.25) is 0 Å². The molecule has 0 spiro atoms. The Kier molecular flexibility index (Phi) is 8.08. The van der Waals surface area contributed by atoms with Gasteiger partial charge in [0.15, 0.2) is 0 Å². The molecule has 0 fully saturated rings. The largest absolute Gasteiger partial charge is 0.329 e. The van der Waals surface area contributed by atoms with Gasteiger partial charge < -0.3 is 10.6 Å². The van der Waals surface area contributed by atoms with Crippen molar-refractivity contribution in [3.63, 3.8) is 0 Å². The zero-order valence-corrected chi connectivity index (χ0v) is 13.7. The maximum absolute atomic E-state index is 6.01. The predicted molar refractivity (Wildman–Crippen MR) is 81.9 cm³/mol. The summed E-state index contributed by atoms with van der Waals surface area (Å²) in [6.45, 7) is 15.6. The van der Waals surface area contributed by atoms with Crippen LogP contribution < -0.4 is 5.73 Å². The summed E-state index contributed by atoms with van der Waals surface area (Å²) < 4.78 is 0. The summed E-state index contributed by atoms with van der Waals surface area (Å²) >= 11 is 0. The van der Waals surface area contributed by atoms with E-state index in [0.29, 0.717) is 17.4 Å². The van der Waals surface area contributed by atoms with Crippen molar-refractivity contribution in [2.75, 3.05) is 40.3 Å². The molecule has 0 aliphatic heterocycles. The molecule has 3 heteroatoms. The minimum atomic E-state index is 0.345. The van der Waals surface area contributed by atoms with Gasteiger partial charge in [-0.25, -0.2) is 0 Å². The molecule has 0 heterocycles. The van der Waals surface area contributed by atoms with Gasteiger partial charge in [0, 0.05) is 32.2 Å². The maximum Gasteiger partial charge on any atom is 0.0224 e. The van der Waals surface area contributed by atoms with Crippen molar-refractivity contribution in [3.05, 3.63) is 0 Å². The molecule has 0 aromatic rings. The fourth-order valence-electron chi connectivity index (χ4n) is 2.29. The van der Waals surface area contributed by atoms with Gasteiger partial charge in [-0.2, -0.15) is 0 Å². The fourth-order valence-corrected chi connectivity index (χ4v) is 2.29. The third-order valence-electron chi connectivity index (χ3n) is 3.07. The molecule has 0 rings (SSSR count). The van der Waals surface area contributed by atoms with Crippen molar-refractivity contribution in [1.82, 2.24) is 9.80 Å². The normalized spacial score (nSPS) is 14.8. The van der Waals surface area contributed by atoms with E-state index >= 15 is 0 Å². The molecular weight excluding hydrogens is 222 g/mol. The van der Waals surface area contributed by atoms with E-state index in [4.69, 9.17) is 5.73 Å². The van der Waals surface area contributed by atoms with Crippen LogP contribution in [0.25, 0.3) is 0 Å². The number of rotatable bonds is 8. The Balaban J connectivity index is 4.56. The Morgan fingerprint density at radius 2 is 1.61 bits per heavy atom. The summed E-state index contributed by atoms with van der Waals surface area (Å²) in [6, 6.07) is 0.507. The van der Waals surface area contributed by atoms with Crippen molar-refractivity contribution in [2.45, 2.75) is 47.1 Å². The molecule has 0 aromatic carbocycles. The average molecular weight is 257 g/mol. The van der Waals surface area contributed by atoms with E-state index in [2.05, 4.69) is 58.5 Å². The van der Waals surface area contributed by atoms with Gasteiger partial charge in [0.1, 0.15) is 0 Å². The Labute approximate surface area is 115 Å². The van der Waals surface area contributed by atoms with E-state index in [0.717, 1.165) is 26.2 Å². The molecule has 2 N–H and O–H groups in total. The van der Waals surface area contributed by atoms with Crippen LogP contribution in [0.4, 0.5) is 0 Å². The standard InChI is InChI=1S/C15H35N3/c1-13(2)12-18(9-8-17(6)7)14(11-16)10-15(3,4)5/h13-14H,8-12,16H2,1-7H3. The van der Waals surface area contributed by atoms with Gasteiger partial charge in [-0.3, -0.25) is 4.90 Å². The quantitative estimate of drug-likeness (QED) is 0.724. The second kappa shape index (κ2) is 8.13. The van der Waals surface area contributed by atoms with E-state index in [1.54, 1.807) is 0 Å². The van der Waals surface area contributed by atoms with Gasteiger partial charge in [0.05, 0.1) is 0 Å². The van der Waals surface area contributed by atoms with E-state index in [1.807, 2.05) is 0 Å².